The van der Waals surface area contributed by atoms with E-state index in [0.717, 1.165) is 0 Å². The predicted molar refractivity (Wildman–Crippen MR) is 34.5 cm³/mol. The first-order valence-electron chi connectivity index (χ1n) is 2.59. The van der Waals surface area contributed by atoms with Crippen molar-refractivity contribution >= 4 is 0 Å². The van der Waals surface area contributed by atoms with Crippen LogP contribution in [0.3, 0.4) is 0 Å². The second-order valence-electron chi connectivity index (χ2n) is 2.42. The Morgan fingerprint density at radius 3 is 2.12 bits per heavy atom. The van der Waals surface area contributed by atoms with E-state index in [1.54, 1.807) is 13.8 Å². The van der Waals surface area contributed by atoms with Crippen molar-refractivity contribution in [2.24, 2.45) is 5.73 Å². The van der Waals surface area contributed by atoms with Crippen LogP contribution in [0.4, 0.5) is 0 Å². The molecule has 48 valence electrons. The molecule has 0 fully saturated rings. The zero-order valence-corrected chi connectivity index (χ0v) is 5.39. The highest BCUT2D eigenvalue weighted by atomic mass is 16.3. The summed E-state index contributed by atoms with van der Waals surface area (Å²) in [5.41, 5.74) is 4.55. The second-order valence-corrected chi connectivity index (χ2v) is 2.42. The molecule has 0 aromatic heterocycles. The zero-order valence-electron chi connectivity index (χ0n) is 5.39. The SMILES string of the molecule is C=C[C@@H](N)C(C)(C)O. The third-order valence-corrected chi connectivity index (χ3v) is 1.07. The van der Waals surface area contributed by atoms with Crippen molar-refractivity contribution in [3.05, 3.63) is 12.7 Å². The van der Waals surface area contributed by atoms with Gasteiger partial charge in [0.25, 0.3) is 0 Å². The Balaban J connectivity index is 3.80. The van der Waals surface area contributed by atoms with Gasteiger partial charge in [0.1, 0.15) is 0 Å². The smallest absolute Gasteiger partial charge is 0.0777 e. The largest absolute Gasteiger partial charge is 0.389 e. The molecule has 2 heteroatoms. The summed E-state index contributed by atoms with van der Waals surface area (Å²) in [6, 6.07) is -0.331. The van der Waals surface area contributed by atoms with Crippen LogP contribution in [0.15, 0.2) is 12.7 Å². The van der Waals surface area contributed by atoms with Crippen LogP contribution < -0.4 is 5.73 Å². The van der Waals surface area contributed by atoms with Crippen LogP contribution in [0.1, 0.15) is 13.8 Å². The minimum Gasteiger partial charge on any atom is -0.389 e. The van der Waals surface area contributed by atoms with Crippen molar-refractivity contribution in [1.29, 1.82) is 0 Å². The van der Waals surface area contributed by atoms with Crippen molar-refractivity contribution in [1.82, 2.24) is 0 Å². The molecule has 0 spiro atoms. The quantitative estimate of drug-likeness (QED) is 0.507. The Bertz CT molecular complexity index is 83.0. The summed E-state index contributed by atoms with van der Waals surface area (Å²) >= 11 is 0. The Hall–Kier alpha value is -0.340. The molecule has 0 aromatic rings. The Morgan fingerprint density at radius 2 is 2.12 bits per heavy atom. The van der Waals surface area contributed by atoms with Gasteiger partial charge in [0.2, 0.25) is 0 Å². The highest BCUT2D eigenvalue weighted by Gasteiger charge is 2.18. The van der Waals surface area contributed by atoms with E-state index in [0.29, 0.717) is 0 Å². The number of nitrogens with two attached hydrogens (primary N) is 1. The van der Waals surface area contributed by atoms with Gasteiger partial charge in [-0.05, 0) is 13.8 Å². The van der Waals surface area contributed by atoms with E-state index in [9.17, 15) is 0 Å². The fourth-order valence-electron chi connectivity index (χ4n) is 0.288. The molecule has 2 nitrogen and oxygen atoms in total. The van der Waals surface area contributed by atoms with Gasteiger partial charge in [-0.15, -0.1) is 6.58 Å². The molecular formula is C6H13NO. The van der Waals surface area contributed by atoms with E-state index >= 15 is 0 Å². The molecule has 0 radical (unpaired) electrons. The van der Waals surface area contributed by atoms with E-state index in [1.165, 1.54) is 6.08 Å². The van der Waals surface area contributed by atoms with Crippen LogP contribution in [-0.4, -0.2) is 16.7 Å². The lowest BCUT2D eigenvalue weighted by Gasteiger charge is -2.21. The van der Waals surface area contributed by atoms with Gasteiger partial charge in [0.15, 0.2) is 0 Å². The Morgan fingerprint density at radius 1 is 1.75 bits per heavy atom. The van der Waals surface area contributed by atoms with Crippen LogP contribution >= 0.6 is 0 Å². The molecule has 0 rings (SSSR count). The molecule has 1 atom stereocenters. The first-order valence-corrected chi connectivity index (χ1v) is 2.59. The Labute approximate surface area is 50.0 Å². The highest BCUT2D eigenvalue weighted by Crippen LogP contribution is 2.05. The maximum absolute atomic E-state index is 9.09. The molecule has 0 aliphatic heterocycles. The van der Waals surface area contributed by atoms with Gasteiger partial charge in [-0.1, -0.05) is 6.08 Å². The first kappa shape index (κ1) is 7.66. The molecule has 0 unspecified atom stereocenters. The topological polar surface area (TPSA) is 46.2 Å². The van der Waals surface area contributed by atoms with Crippen LogP contribution in [-0.2, 0) is 0 Å². The maximum atomic E-state index is 9.09. The van der Waals surface area contributed by atoms with Gasteiger partial charge in [0, 0.05) is 0 Å². The van der Waals surface area contributed by atoms with Crippen molar-refractivity contribution in [3.63, 3.8) is 0 Å². The summed E-state index contributed by atoms with van der Waals surface area (Å²) < 4.78 is 0. The summed E-state index contributed by atoms with van der Waals surface area (Å²) in [5.74, 6) is 0. The number of hydrogen-bond donors (Lipinski definition) is 2. The average Bonchev–Trinajstić information content (AvgIpc) is 1.62. The molecule has 0 bridgehead atoms. The summed E-state index contributed by atoms with van der Waals surface area (Å²) in [6.45, 7) is 6.75. The summed E-state index contributed by atoms with van der Waals surface area (Å²) in [5, 5.41) is 9.09. The molecule has 3 N–H and O–H groups in total. The number of hydrogen-bond acceptors (Lipinski definition) is 2. The maximum Gasteiger partial charge on any atom is 0.0777 e. The molecule has 0 aromatic carbocycles. The van der Waals surface area contributed by atoms with Crippen LogP contribution in [0, 0.1) is 0 Å². The summed E-state index contributed by atoms with van der Waals surface area (Å²) in [6.07, 6.45) is 1.53. The lowest BCUT2D eigenvalue weighted by Crippen LogP contribution is -2.41. The standard InChI is InChI=1S/C6H13NO/c1-4-5(7)6(2,3)8/h4-5,8H,1,7H2,2-3H3/t5-/m1/s1. The zero-order chi connectivity index (χ0) is 6.78. The molecule has 0 saturated carbocycles. The third-order valence-electron chi connectivity index (χ3n) is 1.07. The van der Waals surface area contributed by atoms with Crippen molar-refractivity contribution in [2.75, 3.05) is 0 Å². The van der Waals surface area contributed by atoms with Gasteiger partial charge in [0.05, 0.1) is 11.6 Å². The molecule has 0 heterocycles. The van der Waals surface area contributed by atoms with Gasteiger partial charge in [-0.25, -0.2) is 0 Å². The summed E-state index contributed by atoms with van der Waals surface area (Å²) in [7, 11) is 0. The molecule has 0 saturated heterocycles. The van der Waals surface area contributed by atoms with Crippen LogP contribution in [0.5, 0.6) is 0 Å². The van der Waals surface area contributed by atoms with Crippen LogP contribution in [0.2, 0.25) is 0 Å². The number of rotatable bonds is 2. The van der Waals surface area contributed by atoms with E-state index < -0.39 is 5.60 Å². The fourth-order valence-corrected chi connectivity index (χ4v) is 0.288. The first-order chi connectivity index (χ1) is 3.48. The average molecular weight is 115 g/mol. The molecule has 8 heavy (non-hydrogen) atoms. The second kappa shape index (κ2) is 2.29. The third kappa shape index (κ3) is 2.09. The Kier molecular flexibility index (Phi) is 2.19. The van der Waals surface area contributed by atoms with Crippen molar-refractivity contribution in [3.8, 4) is 0 Å². The van der Waals surface area contributed by atoms with Crippen molar-refractivity contribution in [2.45, 2.75) is 25.5 Å². The van der Waals surface area contributed by atoms with Gasteiger partial charge >= 0.3 is 0 Å². The van der Waals surface area contributed by atoms with Gasteiger partial charge in [-0.2, -0.15) is 0 Å². The van der Waals surface area contributed by atoms with E-state index in [4.69, 9.17) is 10.8 Å². The minimum absolute atomic E-state index is 0.331. The van der Waals surface area contributed by atoms with Gasteiger partial charge in [-0.3, -0.25) is 0 Å². The lowest BCUT2D eigenvalue weighted by molar-refractivity contribution is 0.0672. The van der Waals surface area contributed by atoms with E-state index in [2.05, 4.69) is 6.58 Å². The highest BCUT2D eigenvalue weighted by molar-refractivity contribution is 4.93. The minimum atomic E-state index is -0.832. The molecular weight excluding hydrogens is 102 g/mol. The lowest BCUT2D eigenvalue weighted by atomic mass is 10.0. The van der Waals surface area contributed by atoms with E-state index in [-0.39, 0.29) is 6.04 Å². The number of aliphatic hydroxyl groups is 1. The van der Waals surface area contributed by atoms with Crippen LogP contribution in [0.25, 0.3) is 0 Å². The summed E-state index contributed by atoms with van der Waals surface area (Å²) in [4.78, 5) is 0. The van der Waals surface area contributed by atoms with Crippen molar-refractivity contribution < 1.29 is 5.11 Å². The molecule has 0 aliphatic rings. The van der Waals surface area contributed by atoms with E-state index in [1.807, 2.05) is 0 Å². The monoisotopic (exact) mass is 115 g/mol. The molecule has 0 aliphatic carbocycles. The fraction of sp³-hybridized carbons (Fsp3) is 0.667. The van der Waals surface area contributed by atoms with Gasteiger partial charge < -0.3 is 10.8 Å². The normalized spacial score (nSPS) is 15.5. The molecule has 0 amide bonds. The predicted octanol–water partition coefficient (Wildman–Crippen LogP) is 0.271.